The molecule has 3 fully saturated rings. The fraction of sp³-hybridized carbons (Fsp3) is 0.576. The van der Waals surface area contributed by atoms with Crippen LogP contribution in [0.2, 0.25) is 0 Å². The minimum absolute atomic E-state index is 0.0112. The molecular formula is C33H41NO. The van der Waals surface area contributed by atoms with Gasteiger partial charge in [0.25, 0.3) is 0 Å². The summed E-state index contributed by atoms with van der Waals surface area (Å²) in [5.41, 5.74) is 4.89. The van der Waals surface area contributed by atoms with Crippen LogP contribution < -0.4 is 0 Å². The van der Waals surface area contributed by atoms with E-state index < -0.39 is 0 Å². The van der Waals surface area contributed by atoms with E-state index in [1.165, 1.54) is 73.3 Å². The summed E-state index contributed by atoms with van der Waals surface area (Å²) in [6, 6.07) is 17.3. The molecule has 0 unspecified atom stereocenters. The topological polar surface area (TPSA) is 12.5 Å². The smallest absolute Gasteiger partial charge is 0.0974 e. The van der Waals surface area contributed by atoms with Gasteiger partial charge in [-0.1, -0.05) is 61.5 Å². The molecule has 2 heteroatoms. The van der Waals surface area contributed by atoms with Crippen LogP contribution in [0.5, 0.6) is 0 Å². The van der Waals surface area contributed by atoms with Crippen LogP contribution in [-0.4, -0.2) is 35.2 Å². The average Bonchev–Trinajstić information content (AvgIpc) is 3.38. The van der Waals surface area contributed by atoms with Crippen LogP contribution >= 0.6 is 0 Å². The summed E-state index contributed by atoms with van der Waals surface area (Å²) >= 11 is 0. The number of hydrogen-bond acceptors (Lipinski definition) is 2. The molecule has 2 heterocycles. The summed E-state index contributed by atoms with van der Waals surface area (Å²) in [4.78, 5) is 2.60. The van der Waals surface area contributed by atoms with E-state index >= 15 is 0 Å². The first-order valence-electron chi connectivity index (χ1n) is 14.2. The molecule has 2 nitrogen and oxygen atoms in total. The lowest BCUT2D eigenvalue weighted by atomic mass is 9.58. The van der Waals surface area contributed by atoms with Crippen molar-refractivity contribution in [1.29, 1.82) is 0 Å². The second-order valence-electron chi connectivity index (χ2n) is 13.0. The lowest BCUT2D eigenvalue weighted by molar-refractivity contribution is -0.141. The fourth-order valence-corrected chi connectivity index (χ4v) is 9.12. The zero-order valence-electron chi connectivity index (χ0n) is 22.0. The molecule has 6 atom stereocenters. The molecule has 2 saturated carbocycles. The van der Waals surface area contributed by atoms with Gasteiger partial charge in [0.1, 0.15) is 0 Å². The Bertz CT molecular complexity index is 1240. The quantitative estimate of drug-likeness (QED) is 0.457. The largest absolute Gasteiger partial charge is 0.359 e. The molecule has 1 saturated heterocycles. The molecule has 0 amide bonds. The van der Waals surface area contributed by atoms with Gasteiger partial charge in [0.2, 0.25) is 0 Å². The van der Waals surface area contributed by atoms with Crippen molar-refractivity contribution in [2.24, 2.45) is 11.3 Å². The fourth-order valence-electron chi connectivity index (χ4n) is 9.12. The molecule has 184 valence electrons. The third kappa shape index (κ3) is 3.02. The first-order chi connectivity index (χ1) is 16.8. The number of hydrogen-bond donors (Lipinski definition) is 0. The van der Waals surface area contributed by atoms with Crippen molar-refractivity contribution in [1.82, 2.24) is 4.90 Å². The van der Waals surface area contributed by atoms with E-state index in [0.717, 1.165) is 0 Å². The van der Waals surface area contributed by atoms with Gasteiger partial charge in [-0.15, -0.1) is 0 Å². The van der Waals surface area contributed by atoms with Crippen molar-refractivity contribution >= 4 is 10.8 Å². The Morgan fingerprint density at radius 2 is 1.83 bits per heavy atom. The molecule has 0 N–H and O–H groups in total. The summed E-state index contributed by atoms with van der Waals surface area (Å²) < 4.78 is 7.51. The summed E-state index contributed by atoms with van der Waals surface area (Å²) in [5.74, 6) is 1.23. The molecule has 2 aromatic carbocycles. The molecule has 2 aliphatic heterocycles. The average molecular weight is 468 g/mol. The van der Waals surface area contributed by atoms with Gasteiger partial charge >= 0.3 is 0 Å². The minimum Gasteiger partial charge on any atom is -0.359 e. The van der Waals surface area contributed by atoms with E-state index in [-0.39, 0.29) is 16.6 Å². The van der Waals surface area contributed by atoms with Crippen LogP contribution in [0.1, 0.15) is 83.6 Å². The SMILES string of the molecule is CC(C)N(C)[C@H]1CCC2=CC3=CC[C@]4(C)[C@@H](c5ccc6ccccc6c5)CC[C@H]4[C@@]34CC[C@]2(C1)O4. The van der Waals surface area contributed by atoms with Crippen molar-refractivity contribution in [3.05, 3.63) is 71.3 Å². The van der Waals surface area contributed by atoms with Gasteiger partial charge in [0.15, 0.2) is 0 Å². The van der Waals surface area contributed by atoms with E-state index in [4.69, 9.17) is 4.74 Å². The highest BCUT2D eigenvalue weighted by molar-refractivity contribution is 5.83. The Hall–Kier alpha value is -1.90. The normalized spacial score (nSPS) is 39.9. The molecule has 0 radical (unpaired) electrons. The van der Waals surface area contributed by atoms with Gasteiger partial charge in [-0.25, -0.2) is 0 Å². The Morgan fingerprint density at radius 3 is 2.66 bits per heavy atom. The summed E-state index contributed by atoms with van der Waals surface area (Å²) in [6.07, 6.45) is 15.1. The first kappa shape index (κ1) is 22.3. The van der Waals surface area contributed by atoms with Crippen LogP contribution in [0.25, 0.3) is 10.8 Å². The number of fused-ring (bicyclic) bond motifs is 2. The molecule has 2 spiro atoms. The lowest BCUT2D eigenvalue weighted by Gasteiger charge is -2.55. The molecule has 7 rings (SSSR count). The van der Waals surface area contributed by atoms with E-state index in [1.807, 2.05) is 0 Å². The predicted octanol–water partition coefficient (Wildman–Crippen LogP) is 7.79. The summed E-state index contributed by atoms with van der Waals surface area (Å²) in [6.45, 7) is 7.26. The molecule has 2 aromatic rings. The summed E-state index contributed by atoms with van der Waals surface area (Å²) in [7, 11) is 2.32. The van der Waals surface area contributed by atoms with Gasteiger partial charge in [-0.2, -0.15) is 0 Å². The highest BCUT2D eigenvalue weighted by Gasteiger charge is 2.66. The maximum atomic E-state index is 7.51. The Balaban J connectivity index is 1.25. The summed E-state index contributed by atoms with van der Waals surface area (Å²) in [5, 5.41) is 2.73. The van der Waals surface area contributed by atoms with Gasteiger partial charge < -0.3 is 9.64 Å². The maximum Gasteiger partial charge on any atom is 0.0974 e. The van der Waals surface area contributed by atoms with Crippen molar-refractivity contribution in [3.63, 3.8) is 0 Å². The van der Waals surface area contributed by atoms with Crippen LogP contribution in [0.3, 0.4) is 0 Å². The molecule has 2 bridgehead atoms. The van der Waals surface area contributed by atoms with Crippen LogP contribution in [-0.2, 0) is 4.74 Å². The van der Waals surface area contributed by atoms with Crippen molar-refractivity contribution in [2.75, 3.05) is 7.05 Å². The minimum atomic E-state index is -0.0552. The monoisotopic (exact) mass is 467 g/mol. The molecular weight excluding hydrogens is 426 g/mol. The van der Waals surface area contributed by atoms with Crippen molar-refractivity contribution in [2.45, 2.75) is 101 Å². The van der Waals surface area contributed by atoms with E-state index in [9.17, 15) is 0 Å². The van der Waals surface area contributed by atoms with Crippen LogP contribution in [0.4, 0.5) is 0 Å². The molecule has 0 aromatic heterocycles. The first-order valence-corrected chi connectivity index (χ1v) is 14.2. The molecule has 5 aliphatic rings. The number of allylic oxidation sites excluding steroid dienone is 1. The number of ether oxygens (including phenoxy) is 1. The second-order valence-corrected chi connectivity index (χ2v) is 13.0. The van der Waals surface area contributed by atoms with Gasteiger partial charge in [0.05, 0.1) is 11.2 Å². The van der Waals surface area contributed by atoms with Gasteiger partial charge in [-0.3, -0.25) is 0 Å². The van der Waals surface area contributed by atoms with Crippen molar-refractivity contribution in [3.8, 4) is 0 Å². The molecule has 35 heavy (non-hydrogen) atoms. The third-order valence-electron chi connectivity index (χ3n) is 11.2. The Morgan fingerprint density at radius 1 is 1.00 bits per heavy atom. The van der Waals surface area contributed by atoms with Crippen LogP contribution in [0.15, 0.2) is 65.8 Å². The maximum absolute atomic E-state index is 7.51. The van der Waals surface area contributed by atoms with Crippen molar-refractivity contribution < 1.29 is 4.74 Å². The zero-order valence-corrected chi connectivity index (χ0v) is 22.0. The van der Waals surface area contributed by atoms with E-state index in [0.29, 0.717) is 23.9 Å². The number of nitrogens with zero attached hydrogens (tertiary/aromatic N) is 1. The highest BCUT2D eigenvalue weighted by Crippen LogP contribution is 2.69. The Kier molecular flexibility index (Phi) is 4.82. The van der Waals surface area contributed by atoms with Gasteiger partial charge in [0, 0.05) is 12.1 Å². The van der Waals surface area contributed by atoms with Gasteiger partial charge in [-0.05, 0) is 117 Å². The number of rotatable bonds is 3. The standard InChI is InChI=1S/C33H41NO/c1-22(2)34(4)28-12-11-26-20-27-15-16-31(3)29(25-10-9-23-7-5-6-8-24(23)19-25)13-14-30(31)33(27)18-17-32(26,21-28)35-33/h5-10,15,19-20,22,28-30H,11-14,16-18,21H2,1-4H3/t28-,29+,30+,31+,32+,33+/m0/s1. The number of benzene rings is 2. The predicted molar refractivity (Wildman–Crippen MR) is 145 cm³/mol. The van der Waals surface area contributed by atoms with Crippen LogP contribution in [0, 0.1) is 11.3 Å². The van der Waals surface area contributed by atoms with E-state index in [1.54, 1.807) is 5.57 Å². The molecule has 3 aliphatic carbocycles. The lowest BCUT2D eigenvalue weighted by Crippen LogP contribution is -2.55. The zero-order chi connectivity index (χ0) is 24.0. The third-order valence-corrected chi connectivity index (χ3v) is 11.2. The van der Waals surface area contributed by atoms with E-state index in [2.05, 4.69) is 87.3 Å². The second kappa shape index (κ2) is 7.56. The Labute approximate surface area is 211 Å². The highest BCUT2D eigenvalue weighted by atomic mass is 16.5.